The molecule has 2 aromatic rings. The van der Waals surface area contributed by atoms with E-state index in [-0.39, 0.29) is 0 Å². The smallest absolute Gasteiger partial charge is 0.0690 e. The van der Waals surface area contributed by atoms with E-state index in [1.807, 2.05) is 4.68 Å². The third-order valence-corrected chi connectivity index (χ3v) is 3.71. The Bertz CT molecular complexity index is 567. The van der Waals surface area contributed by atoms with Crippen molar-refractivity contribution in [2.75, 3.05) is 6.54 Å². The maximum Gasteiger partial charge on any atom is 0.0690 e. The molecule has 1 saturated carbocycles. The molecule has 0 atom stereocenters. The molecule has 1 fully saturated rings. The maximum absolute atomic E-state index is 4.74. The Kier molecular flexibility index (Phi) is 3.88. The Hall–Kier alpha value is -1.61. The first-order valence-electron chi connectivity index (χ1n) is 7.58. The average molecular weight is 269 g/mol. The third kappa shape index (κ3) is 3.10. The number of benzene rings is 1. The fraction of sp³-hybridized carbons (Fsp3) is 0.471. The van der Waals surface area contributed by atoms with E-state index in [4.69, 9.17) is 5.10 Å². The van der Waals surface area contributed by atoms with Crippen LogP contribution in [0.3, 0.4) is 0 Å². The molecule has 3 nitrogen and oxygen atoms in total. The van der Waals surface area contributed by atoms with Gasteiger partial charge in [0.2, 0.25) is 0 Å². The van der Waals surface area contributed by atoms with Crippen LogP contribution in [0.5, 0.6) is 0 Å². The van der Waals surface area contributed by atoms with E-state index in [2.05, 4.69) is 55.7 Å². The van der Waals surface area contributed by atoms with Gasteiger partial charge in [0.15, 0.2) is 0 Å². The number of hydrogen-bond donors (Lipinski definition) is 1. The highest BCUT2D eigenvalue weighted by Crippen LogP contribution is 2.39. The summed E-state index contributed by atoms with van der Waals surface area (Å²) in [5.41, 5.74) is 3.74. The molecular formula is C17H23N3. The standard InChI is InChI=1S/C17H23N3/c1-13(2)11-18-12-15-5-3-4-6-17(15)20-10-9-16(19-20)14-7-8-14/h3-6,9-10,13-14,18H,7-8,11-12H2,1-2H3. The van der Waals surface area contributed by atoms with Crippen molar-refractivity contribution in [3.05, 3.63) is 47.8 Å². The summed E-state index contributed by atoms with van der Waals surface area (Å²) < 4.78 is 2.03. The van der Waals surface area contributed by atoms with Gasteiger partial charge in [-0.15, -0.1) is 0 Å². The normalized spacial score (nSPS) is 14.9. The van der Waals surface area contributed by atoms with Crippen molar-refractivity contribution in [1.82, 2.24) is 15.1 Å². The lowest BCUT2D eigenvalue weighted by atomic mass is 10.1. The molecule has 20 heavy (non-hydrogen) atoms. The van der Waals surface area contributed by atoms with Crippen molar-refractivity contribution in [3.8, 4) is 5.69 Å². The van der Waals surface area contributed by atoms with Crippen molar-refractivity contribution in [2.45, 2.75) is 39.2 Å². The van der Waals surface area contributed by atoms with Crippen LogP contribution in [0.15, 0.2) is 36.5 Å². The van der Waals surface area contributed by atoms with Gasteiger partial charge < -0.3 is 5.32 Å². The predicted molar refractivity (Wildman–Crippen MR) is 82.1 cm³/mol. The molecule has 1 aromatic heterocycles. The summed E-state index contributed by atoms with van der Waals surface area (Å²) in [5, 5.41) is 8.25. The monoisotopic (exact) mass is 269 g/mol. The summed E-state index contributed by atoms with van der Waals surface area (Å²) in [4.78, 5) is 0. The molecule has 0 spiro atoms. The van der Waals surface area contributed by atoms with Crippen LogP contribution in [0.1, 0.15) is 43.9 Å². The average Bonchev–Trinajstić information content (AvgIpc) is 3.17. The molecule has 0 saturated heterocycles. The molecule has 3 heteroatoms. The fourth-order valence-electron chi connectivity index (χ4n) is 2.45. The molecule has 0 unspecified atom stereocenters. The summed E-state index contributed by atoms with van der Waals surface area (Å²) >= 11 is 0. The zero-order chi connectivity index (χ0) is 13.9. The van der Waals surface area contributed by atoms with Gasteiger partial charge in [0.05, 0.1) is 11.4 Å². The summed E-state index contributed by atoms with van der Waals surface area (Å²) in [5.74, 6) is 1.39. The van der Waals surface area contributed by atoms with Gasteiger partial charge >= 0.3 is 0 Å². The fourth-order valence-corrected chi connectivity index (χ4v) is 2.45. The number of rotatable bonds is 6. The highest BCUT2D eigenvalue weighted by Gasteiger charge is 2.26. The zero-order valence-electron chi connectivity index (χ0n) is 12.3. The summed E-state index contributed by atoms with van der Waals surface area (Å²) in [6, 6.07) is 10.7. The Morgan fingerprint density at radius 2 is 2.05 bits per heavy atom. The van der Waals surface area contributed by atoms with Crippen LogP contribution in [0, 0.1) is 5.92 Å². The molecule has 1 aliphatic rings. The van der Waals surface area contributed by atoms with Crippen LogP contribution < -0.4 is 5.32 Å². The Labute approximate surface area is 121 Å². The van der Waals surface area contributed by atoms with Crippen molar-refractivity contribution in [3.63, 3.8) is 0 Å². The van der Waals surface area contributed by atoms with Crippen LogP contribution in [-0.2, 0) is 6.54 Å². The van der Waals surface area contributed by atoms with Crippen LogP contribution in [0.4, 0.5) is 0 Å². The second kappa shape index (κ2) is 5.80. The molecular weight excluding hydrogens is 246 g/mol. The number of hydrogen-bond acceptors (Lipinski definition) is 2. The zero-order valence-corrected chi connectivity index (χ0v) is 12.3. The van der Waals surface area contributed by atoms with E-state index in [0.29, 0.717) is 11.8 Å². The Morgan fingerprint density at radius 3 is 2.80 bits per heavy atom. The first kappa shape index (κ1) is 13.4. The SMILES string of the molecule is CC(C)CNCc1ccccc1-n1ccc(C2CC2)n1. The molecule has 0 amide bonds. The van der Waals surface area contributed by atoms with E-state index >= 15 is 0 Å². The molecule has 1 aliphatic carbocycles. The highest BCUT2D eigenvalue weighted by molar-refractivity contribution is 5.40. The van der Waals surface area contributed by atoms with Gasteiger partial charge in [-0.2, -0.15) is 5.10 Å². The molecule has 1 aromatic carbocycles. The number of aromatic nitrogens is 2. The minimum Gasteiger partial charge on any atom is -0.312 e. The van der Waals surface area contributed by atoms with E-state index in [1.165, 1.54) is 29.8 Å². The lowest BCUT2D eigenvalue weighted by molar-refractivity contribution is 0.551. The van der Waals surface area contributed by atoms with Crippen LogP contribution in [0.25, 0.3) is 5.69 Å². The van der Waals surface area contributed by atoms with Gasteiger partial charge in [-0.05, 0) is 43.0 Å². The molecule has 106 valence electrons. The highest BCUT2D eigenvalue weighted by atomic mass is 15.3. The lowest BCUT2D eigenvalue weighted by Crippen LogP contribution is -2.20. The number of nitrogens with one attached hydrogen (secondary N) is 1. The van der Waals surface area contributed by atoms with Gasteiger partial charge in [0.1, 0.15) is 0 Å². The molecule has 1 N–H and O–H groups in total. The predicted octanol–water partition coefficient (Wildman–Crippen LogP) is 3.50. The number of nitrogens with zero attached hydrogens (tertiary/aromatic N) is 2. The van der Waals surface area contributed by atoms with Gasteiger partial charge in [-0.25, -0.2) is 4.68 Å². The van der Waals surface area contributed by atoms with Gasteiger partial charge in [-0.1, -0.05) is 32.0 Å². The summed E-state index contributed by atoms with van der Waals surface area (Å²) in [7, 11) is 0. The van der Waals surface area contributed by atoms with E-state index in [0.717, 1.165) is 13.1 Å². The summed E-state index contributed by atoms with van der Waals surface area (Å²) in [6.45, 7) is 6.40. The molecule has 3 rings (SSSR count). The largest absolute Gasteiger partial charge is 0.312 e. The van der Waals surface area contributed by atoms with Crippen LogP contribution in [0.2, 0.25) is 0 Å². The molecule has 0 aliphatic heterocycles. The summed E-state index contributed by atoms with van der Waals surface area (Å²) in [6.07, 6.45) is 4.69. The molecule has 0 bridgehead atoms. The molecule has 0 radical (unpaired) electrons. The minimum absolute atomic E-state index is 0.674. The lowest BCUT2D eigenvalue weighted by Gasteiger charge is -2.12. The second-order valence-corrected chi connectivity index (χ2v) is 6.11. The van der Waals surface area contributed by atoms with Crippen molar-refractivity contribution < 1.29 is 0 Å². The van der Waals surface area contributed by atoms with Crippen LogP contribution >= 0.6 is 0 Å². The topological polar surface area (TPSA) is 29.9 Å². The van der Waals surface area contributed by atoms with Gasteiger partial charge in [-0.3, -0.25) is 0 Å². The van der Waals surface area contributed by atoms with Crippen LogP contribution in [-0.4, -0.2) is 16.3 Å². The Balaban J connectivity index is 1.77. The van der Waals surface area contributed by atoms with Crippen molar-refractivity contribution in [2.24, 2.45) is 5.92 Å². The minimum atomic E-state index is 0.674. The quantitative estimate of drug-likeness (QED) is 0.870. The van der Waals surface area contributed by atoms with E-state index in [1.54, 1.807) is 0 Å². The number of para-hydroxylation sites is 1. The van der Waals surface area contributed by atoms with Crippen molar-refractivity contribution in [1.29, 1.82) is 0 Å². The van der Waals surface area contributed by atoms with Gasteiger partial charge in [0, 0.05) is 18.7 Å². The van der Waals surface area contributed by atoms with E-state index < -0.39 is 0 Å². The first-order chi connectivity index (χ1) is 9.74. The van der Waals surface area contributed by atoms with E-state index in [9.17, 15) is 0 Å². The third-order valence-electron chi connectivity index (χ3n) is 3.71. The Morgan fingerprint density at radius 1 is 1.25 bits per heavy atom. The molecule has 1 heterocycles. The van der Waals surface area contributed by atoms with Gasteiger partial charge in [0.25, 0.3) is 0 Å². The first-order valence-corrected chi connectivity index (χ1v) is 7.58. The second-order valence-electron chi connectivity index (χ2n) is 6.11. The van der Waals surface area contributed by atoms with Crippen molar-refractivity contribution >= 4 is 0 Å². The maximum atomic E-state index is 4.74.